The molecule has 2 aliphatic rings. The van der Waals surface area contributed by atoms with E-state index >= 15 is 0 Å². The summed E-state index contributed by atoms with van der Waals surface area (Å²) in [6, 6.07) is 11.0. The monoisotopic (exact) mass is 242 g/mol. The predicted octanol–water partition coefficient (Wildman–Crippen LogP) is 1.85. The number of nitriles is 1. The minimum absolute atomic E-state index is 0.436. The number of nitrogens with one attached hydrogen (secondary N) is 1. The van der Waals surface area contributed by atoms with E-state index in [4.69, 9.17) is 5.26 Å². The van der Waals surface area contributed by atoms with Crippen LogP contribution in [0.25, 0.3) is 0 Å². The maximum atomic E-state index is 10.8. The van der Waals surface area contributed by atoms with Crippen molar-refractivity contribution < 1.29 is 5.11 Å². The lowest BCUT2D eigenvalue weighted by Gasteiger charge is -2.37. The lowest BCUT2D eigenvalue weighted by atomic mass is 9.81. The Bertz CT molecular complexity index is 462. The van der Waals surface area contributed by atoms with Crippen LogP contribution >= 0.6 is 0 Å². The number of fused-ring (bicyclic) bond motifs is 2. The largest absolute Gasteiger partial charge is 0.385 e. The molecule has 0 amide bonds. The van der Waals surface area contributed by atoms with Gasteiger partial charge in [0.25, 0.3) is 0 Å². The van der Waals surface area contributed by atoms with Gasteiger partial charge in [0.2, 0.25) is 0 Å². The van der Waals surface area contributed by atoms with Gasteiger partial charge in [0, 0.05) is 12.1 Å². The fourth-order valence-electron chi connectivity index (χ4n) is 3.38. The van der Waals surface area contributed by atoms with Gasteiger partial charge in [-0.05, 0) is 36.8 Å². The summed E-state index contributed by atoms with van der Waals surface area (Å²) in [5, 5.41) is 23.0. The zero-order valence-corrected chi connectivity index (χ0v) is 10.4. The first-order valence-electron chi connectivity index (χ1n) is 6.64. The average Bonchev–Trinajstić information content (AvgIpc) is 2.70. The van der Waals surface area contributed by atoms with Crippen LogP contribution in [0.2, 0.25) is 0 Å². The SMILES string of the molecule is N#CCc1ccc(C2(O)CC3CCC(C2)N3)cc1. The van der Waals surface area contributed by atoms with Gasteiger partial charge in [-0.25, -0.2) is 0 Å². The van der Waals surface area contributed by atoms with Crippen LogP contribution in [0.15, 0.2) is 24.3 Å². The van der Waals surface area contributed by atoms with Crippen LogP contribution in [-0.2, 0) is 12.0 Å². The van der Waals surface area contributed by atoms with Crippen LogP contribution in [0.5, 0.6) is 0 Å². The molecule has 2 atom stereocenters. The first-order valence-corrected chi connectivity index (χ1v) is 6.64. The van der Waals surface area contributed by atoms with E-state index in [2.05, 4.69) is 11.4 Å². The van der Waals surface area contributed by atoms with Gasteiger partial charge in [0.15, 0.2) is 0 Å². The summed E-state index contributed by atoms with van der Waals surface area (Å²) in [7, 11) is 0. The van der Waals surface area contributed by atoms with Gasteiger partial charge in [-0.2, -0.15) is 5.26 Å². The second-order valence-corrected chi connectivity index (χ2v) is 5.61. The van der Waals surface area contributed by atoms with Gasteiger partial charge >= 0.3 is 0 Å². The predicted molar refractivity (Wildman–Crippen MR) is 68.8 cm³/mol. The summed E-state index contributed by atoms with van der Waals surface area (Å²) in [5.41, 5.74) is 1.34. The quantitative estimate of drug-likeness (QED) is 0.832. The summed E-state index contributed by atoms with van der Waals surface area (Å²) >= 11 is 0. The van der Waals surface area contributed by atoms with Gasteiger partial charge < -0.3 is 10.4 Å². The lowest BCUT2D eigenvalue weighted by molar-refractivity contribution is -0.0114. The van der Waals surface area contributed by atoms with Crippen LogP contribution < -0.4 is 5.32 Å². The highest BCUT2D eigenvalue weighted by atomic mass is 16.3. The Morgan fingerprint density at radius 1 is 1.22 bits per heavy atom. The fraction of sp³-hybridized carbons (Fsp3) is 0.533. The molecule has 2 aliphatic heterocycles. The molecule has 18 heavy (non-hydrogen) atoms. The van der Waals surface area contributed by atoms with Gasteiger partial charge in [0.1, 0.15) is 0 Å². The highest BCUT2D eigenvalue weighted by Crippen LogP contribution is 2.40. The van der Waals surface area contributed by atoms with Crippen molar-refractivity contribution in [3.8, 4) is 6.07 Å². The molecular weight excluding hydrogens is 224 g/mol. The molecule has 0 aliphatic carbocycles. The second-order valence-electron chi connectivity index (χ2n) is 5.61. The molecule has 1 aromatic rings. The molecule has 0 aromatic heterocycles. The van der Waals surface area contributed by atoms with E-state index in [1.807, 2.05) is 24.3 Å². The number of nitrogens with zero attached hydrogens (tertiary/aromatic N) is 1. The summed E-state index contributed by atoms with van der Waals surface area (Å²) < 4.78 is 0. The lowest BCUT2D eigenvalue weighted by Crippen LogP contribution is -2.46. The van der Waals surface area contributed by atoms with E-state index in [0.29, 0.717) is 18.5 Å². The van der Waals surface area contributed by atoms with Crippen LogP contribution in [0.4, 0.5) is 0 Å². The Morgan fingerprint density at radius 3 is 2.39 bits per heavy atom. The van der Waals surface area contributed by atoms with Crippen molar-refractivity contribution >= 4 is 0 Å². The summed E-state index contributed by atoms with van der Waals surface area (Å²) in [6.45, 7) is 0. The van der Waals surface area contributed by atoms with Gasteiger partial charge in [-0.1, -0.05) is 24.3 Å². The molecule has 3 nitrogen and oxygen atoms in total. The van der Waals surface area contributed by atoms with E-state index in [1.54, 1.807) is 0 Å². The Kier molecular flexibility index (Phi) is 2.85. The van der Waals surface area contributed by atoms with Crippen molar-refractivity contribution in [2.24, 2.45) is 0 Å². The number of benzene rings is 1. The molecule has 2 N–H and O–H groups in total. The Morgan fingerprint density at radius 2 is 1.83 bits per heavy atom. The van der Waals surface area contributed by atoms with Crippen molar-refractivity contribution in [3.05, 3.63) is 35.4 Å². The van der Waals surface area contributed by atoms with Crippen molar-refractivity contribution in [1.29, 1.82) is 5.26 Å². The first-order chi connectivity index (χ1) is 8.69. The molecule has 0 saturated carbocycles. The molecule has 3 rings (SSSR count). The maximum Gasteiger partial charge on any atom is 0.0926 e. The number of piperidine rings is 1. The molecule has 3 heteroatoms. The molecular formula is C15H18N2O. The van der Waals surface area contributed by atoms with Gasteiger partial charge in [0.05, 0.1) is 18.1 Å². The van der Waals surface area contributed by atoms with E-state index in [-0.39, 0.29) is 0 Å². The average molecular weight is 242 g/mol. The minimum Gasteiger partial charge on any atom is -0.385 e. The molecule has 94 valence electrons. The normalized spacial score (nSPS) is 34.2. The Balaban J connectivity index is 1.83. The number of hydrogen-bond donors (Lipinski definition) is 2. The van der Waals surface area contributed by atoms with Crippen LogP contribution in [0.1, 0.15) is 36.8 Å². The molecule has 0 spiro atoms. The van der Waals surface area contributed by atoms with E-state index < -0.39 is 5.60 Å². The van der Waals surface area contributed by atoms with Gasteiger partial charge in [-0.15, -0.1) is 0 Å². The van der Waals surface area contributed by atoms with Crippen molar-refractivity contribution in [1.82, 2.24) is 5.32 Å². The summed E-state index contributed by atoms with van der Waals surface area (Å²) in [4.78, 5) is 0. The maximum absolute atomic E-state index is 10.8. The van der Waals surface area contributed by atoms with Crippen molar-refractivity contribution in [2.75, 3.05) is 0 Å². The fourth-order valence-corrected chi connectivity index (χ4v) is 3.38. The first kappa shape index (κ1) is 11.7. The van der Waals surface area contributed by atoms with Crippen LogP contribution in [0.3, 0.4) is 0 Å². The van der Waals surface area contributed by atoms with Crippen LogP contribution in [-0.4, -0.2) is 17.2 Å². The second kappa shape index (κ2) is 4.38. The Labute approximate surface area is 107 Å². The van der Waals surface area contributed by atoms with E-state index in [0.717, 1.165) is 24.0 Å². The highest BCUT2D eigenvalue weighted by Gasteiger charge is 2.43. The summed E-state index contributed by atoms with van der Waals surface area (Å²) in [6.07, 6.45) is 4.41. The van der Waals surface area contributed by atoms with Gasteiger partial charge in [-0.3, -0.25) is 0 Å². The van der Waals surface area contributed by atoms with Crippen molar-refractivity contribution in [3.63, 3.8) is 0 Å². The highest BCUT2D eigenvalue weighted by molar-refractivity contribution is 5.30. The summed E-state index contributed by atoms with van der Waals surface area (Å²) in [5.74, 6) is 0. The molecule has 2 fully saturated rings. The molecule has 2 bridgehead atoms. The third kappa shape index (κ3) is 2.03. The zero-order valence-electron chi connectivity index (χ0n) is 10.4. The van der Waals surface area contributed by atoms with Crippen LogP contribution in [0, 0.1) is 11.3 Å². The number of hydrogen-bond acceptors (Lipinski definition) is 3. The standard InChI is InChI=1S/C15H18N2O/c16-8-7-11-1-3-12(4-2-11)15(18)9-13-5-6-14(10-15)17-13/h1-4,13-14,17-18H,5-7,9-10H2. The molecule has 2 unspecified atom stereocenters. The molecule has 1 aromatic carbocycles. The smallest absolute Gasteiger partial charge is 0.0926 e. The molecule has 2 saturated heterocycles. The van der Waals surface area contributed by atoms with E-state index in [9.17, 15) is 5.11 Å². The van der Waals surface area contributed by atoms with Crippen molar-refractivity contribution in [2.45, 2.75) is 49.8 Å². The topological polar surface area (TPSA) is 56.0 Å². The third-order valence-corrected chi connectivity index (χ3v) is 4.28. The number of aliphatic hydroxyl groups is 1. The number of rotatable bonds is 2. The molecule has 2 heterocycles. The third-order valence-electron chi connectivity index (χ3n) is 4.28. The molecule has 0 radical (unpaired) electrons. The van der Waals surface area contributed by atoms with E-state index in [1.165, 1.54) is 12.8 Å². The Hall–Kier alpha value is -1.37. The minimum atomic E-state index is -0.678. The zero-order chi connectivity index (χ0) is 12.6.